The van der Waals surface area contributed by atoms with Gasteiger partial charge in [-0.15, -0.1) is 12.3 Å². The van der Waals surface area contributed by atoms with Gasteiger partial charge in [0.25, 0.3) is 0 Å². The van der Waals surface area contributed by atoms with Crippen LogP contribution in [0.3, 0.4) is 0 Å². The highest BCUT2D eigenvalue weighted by molar-refractivity contribution is 5.86. The molecule has 0 spiro atoms. The molecule has 3 N–H and O–H groups in total. The number of nitrogens with one attached hydrogen (secondary N) is 2. The van der Waals surface area contributed by atoms with E-state index in [1.165, 1.54) is 0 Å². The Bertz CT molecular complexity index is 471. The van der Waals surface area contributed by atoms with Gasteiger partial charge in [0.1, 0.15) is 6.04 Å². The van der Waals surface area contributed by atoms with E-state index in [4.69, 9.17) is 11.5 Å². The zero-order chi connectivity index (χ0) is 14.7. The maximum atomic E-state index is 12.2. The summed E-state index contributed by atoms with van der Waals surface area (Å²) in [5.41, 5.74) is 0. The SMILES string of the molecule is C#CCC(NC(=O)N1CCCC2C(=O)NCC21)C(=O)O. The Balaban J connectivity index is 2.03. The molecule has 3 amide bonds. The standard InChI is InChI=1S/C13H17N3O4/c1-2-4-9(12(18)19)15-13(20)16-6-3-5-8-10(16)7-14-11(8)17/h1,8-10H,3-7H2,(H,14,17)(H,15,20)(H,18,19). The van der Waals surface area contributed by atoms with Crippen LogP contribution in [-0.2, 0) is 9.59 Å². The molecule has 3 unspecified atom stereocenters. The molecule has 7 heteroatoms. The Morgan fingerprint density at radius 1 is 1.60 bits per heavy atom. The van der Waals surface area contributed by atoms with Crippen molar-refractivity contribution in [3.05, 3.63) is 0 Å². The maximum absolute atomic E-state index is 12.2. The van der Waals surface area contributed by atoms with E-state index in [0.717, 1.165) is 12.8 Å². The number of amides is 3. The van der Waals surface area contributed by atoms with Crippen molar-refractivity contribution in [3.8, 4) is 12.3 Å². The molecule has 0 aliphatic carbocycles. The number of aliphatic carboxylic acids is 1. The minimum Gasteiger partial charge on any atom is -0.480 e. The number of likely N-dealkylation sites (tertiary alicyclic amines) is 1. The van der Waals surface area contributed by atoms with E-state index < -0.39 is 18.0 Å². The Labute approximate surface area is 116 Å². The Morgan fingerprint density at radius 2 is 2.35 bits per heavy atom. The fourth-order valence-electron chi connectivity index (χ4n) is 2.75. The van der Waals surface area contributed by atoms with Crippen LogP contribution in [-0.4, -0.2) is 53.1 Å². The fraction of sp³-hybridized carbons (Fsp3) is 0.615. The second kappa shape index (κ2) is 5.82. The summed E-state index contributed by atoms with van der Waals surface area (Å²) >= 11 is 0. The first kappa shape index (κ1) is 14.2. The van der Waals surface area contributed by atoms with Gasteiger partial charge >= 0.3 is 12.0 Å². The second-order valence-electron chi connectivity index (χ2n) is 5.00. The number of piperidine rings is 1. The number of rotatable bonds is 3. The molecule has 3 atom stereocenters. The molecule has 2 saturated heterocycles. The van der Waals surface area contributed by atoms with Crippen LogP contribution in [0.5, 0.6) is 0 Å². The van der Waals surface area contributed by atoms with E-state index in [2.05, 4.69) is 16.6 Å². The largest absolute Gasteiger partial charge is 0.480 e. The first-order valence-corrected chi connectivity index (χ1v) is 6.55. The third-order valence-corrected chi connectivity index (χ3v) is 3.78. The number of carbonyl (C=O) groups is 3. The van der Waals surface area contributed by atoms with Crippen LogP contribution in [0, 0.1) is 18.3 Å². The first-order valence-electron chi connectivity index (χ1n) is 6.55. The predicted octanol–water partition coefficient (Wildman–Crippen LogP) is -0.617. The fourth-order valence-corrected chi connectivity index (χ4v) is 2.75. The number of carboxylic acid groups (broad SMARTS) is 1. The van der Waals surface area contributed by atoms with Crippen molar-refractivity contribution in [1.82, 2.24) is 15.5 Å². The van der Waals surface area contributed by atoms with Crippen LogP contribution in [0.1, 0.15) is 19.3 Å². The van der Waals surface area contributed by atoms with Crippen LogP contribution in [0.4, 0.5) is 4.79 Å². The molecule has 20 heavy (non-hydrogen) atoms. The monoisotopic (exact) mass is 279 g/mol. The summed E-state index contributed by atoms with van der Waals surface area (Å²) in [5, 5.41) is 14.1. The molecule has 0 aromatic rings. The van der Waals surface area contributed by atoms with Crippen LogP contribution < -0.4 is 10.6 Å². The van der Waals surface area contributed by atoms with Gasteiger partial charge in [-0.1, -0.05) is 0 Å². The summed E-state index contributed by atoms with van der Waals surface area (Å²) in [5.74, 6) is 0.843. The number of hydrogen-bond acceptors (Lipinski definition) is 3. The second-order valence-corrected chi connectivity index (χ2v) is 5.00. The Morgan fingerprint density at radius 3 is 3.00 bits per heavy atom. The number of terminal acetylenes is 1. The average molecular weight is 279 g/mol. The topological polar surface area (TPSA) is 98.7 Å². The molecule has 7 nitrogen and oxygen atoms in total. The Hall–Kier alpha value is -2.23. The van der Waals surface area contributed by atoms with Crippen LogP contribution >= 0.6 is 0 Å². The van der Waals surface area contributed by atoms with Gasteiger partial charge in [0.15, 0.2) is 0 Å². The summed E-state index contributed by atoms with van der Waals surface area (Å²) in [7, 11) is 0. The van der Waals surface area contributed by atoms with Gasteiger partial charge in [-0.25, -0.2) is 9.59 Å². The molecule has 2 rings (SSSR count). The molecular formula is C13H17N3O4. The molecule has 108 valence electrons. The lowest BCUT2D eigenvalue weighted by atomic mass is 9.92. The minimum atomic E-state index is -1.16. The van der Waals surface area contributed by atoms with Crippen molar-refractivity contribution in [2.45, 2.75) is 31.3 Å². The van der Waals surface area contributed by atoms with Gasteiger partial charge in [0.05, 0.1) is 12.0 Å². The lowest BCUT2D eigenvalue weighted by Gasteiger charge is -2.36. The summed E-state index contributed by atoms with van der Waals surface area (Å²) in [4.78, 5) is 36.3. The van der Waals surface area contributed by atoms with E-state index in [9.17, 15) is 14.4 Å². The molecule has 2 heterocycles. The highest BCUT2D eigenvalue weighted by Gasteiger charge is 2.43. The summed E-state index contributed by atoms with van der Waals surface area (Å²) in [6.07, 6.45) is 6.51. The van der Waals surface area contributed by atoms with Crippen molar-refractivity contribution in [2.24, 2.45) is 5.92 Å². The molecule has 0 aromatic carbocycles. The average Bonchev–Trinajstić information content (AvgIpc) is 2.80. The zero-order valence-electron chi connectivity index (χ0n) is 11.0. The number of urea groups is 1. The molecule has 2 aliphatic rings. The lowest BCUT2D eigenvalue weighted by molar-refractivity contribution is -0.139. The van der Waals surface area contributed by atoms with Gasteiger partial charge in [0.2, 0.25) is 5.91 Å². The molecular weight excluding hydrogens is 262 g/mol. The molecule has 2 aliphatic heterocycles. The number of hydrogen-bond donors (Lipinski definition) is 3. The third kappa shape index (κ3) is 2.69. The quantitative estimate of drug-likeness (QED) is 0.600. The van der Waals surface area contributed by atoms with Gasteiger partial charge in [-0.05, 0) is 12.8 Å². The molecule has 0 aromatic heterocycles. The van der Waals surface area contributed by atoms with Gasteiger partial charge in [-0.3, -0.25) is 4.79 Å². The Kier molecular flexibility index (Phi) is 4.13. The molecule has 2 fully saturated rings. The highest BCUT2D eigenvalue weighted by Crippen LogP contribution is 2.27. The summed E-state index contributed by atoms with van der Waals surface area (Å²) in [6.45, 7) is 0.939. The molecule has 0 saturated carbocycles. The van der Waals surface area contributed by atoms with Crippen molar-refractivity contribution < 1.29 is 19.5 Å². The third-order valence-electron chi connectivity index (χ3n) is 3.78. The molecule has 0 bridgehead atoms. The number of carbonyl (C=O) groups excluding carboxylic acids is 2. The van der Waals surface area contributed by atoms with Crippen molar-refractivity contribution in [3.63, 3.8) is 0 Å². The number of carboxylic acids is 1. The van der Waals surface area contributed by atoms with Crippen LogP contribution in [0.15, 0.2) is 0 Å². The normalized spacial score (nSPS) is 26.1. The van der Waals surface area contributed by atoms with E-state index in [1.54, 1.807) is 4.90 Å². The summed E-state index contributed by atoms with van der Waals surface area (Å²) in [6, 6.07) is -1.77. The van der Waals surface area contributed by atoms with E-state index in [1.807, 2.05) is 0 Å². The van der Waals surface area contributed by atoms with Crippen LogP contribution in [0.2, 0.25) is 0 Å². The smallest absolute Gasteiger partial charge is 0.327 e. The maximum Gasteiger partial charge on any atom is 0.327 e. The number of fused-ring (bicyclic) bond motifs is 1. The van der Waals surface area contributed by atoms with E-state index in [0.29, 0.717) is 13.1 Å². The minimum absolute atomic E-state index is 0.0362. The summed E-state index contributed by atoms with van der Waals surface area (Å²) < 4.78 is 0. The lowest BCUT2D eigenvalue weighted by Crippen LogP contribution is -2.55. The van der Waals surface area contributed by atoms with Crippen LogP contribution in [0.25, 0.3) is 0 Å². The van der Waals surface area contributed by atoms with E-state index >= 15 is 0 Å². The van der Waals surface area contributed by atoms with Crippen molar-refractivity contribution >= 4 is 17.9 Å². The zero-order valence-corrected chi connectivity index (χ0v) is 11.0. The number of nitrogens with zero attached hydrogens (tertiary/aromatic N) is 1. The van der Waals surface area contributed by atoms with Crippen molar-refractivity contribution in [2.75, 3.05) is 13.1 Å². The van der Waals surface area contributed by atoms with Gasteiger partial charge in [0, 0.05) is 19.5 Å². The van der Waals surface area contributed by atoms with Crippen molar-refractivity contribution in [1.29, 1.82) is 0 Å². The predicted molar refractivity (Wildman–Crippen MR) is 69.6 cm³/mol. The first-order chi connectivity index (χ1) is 9.54. The van der Waals surface area contributed by atoms with E-state index in [-0.39, 0.29) is 24.3 Å². The van der Waals surface area contributed by atoms with Gasteiger partial charge in [-0.2, -0.15) is 0 Å². The van der Waals surface area contributed by atoms with Gasteiger partial charge < -0.3 is 20.6 Å². The molecule has 0 radical (unpaired) electrons. The highest BCUT2D eigenvalue weighted by atomic mass is 16.4.